The van der Waals surface area contributed by atoms with E-state index in [-0.39, 0.29) is 0 Å². The average molecular weight is 238 g/mol. The van der Waals surface area contributed by atoms with Gasteiger partial charge in [0, 0.05) is 10.8 Å². The highest BCUT2D eigenvalue weighted by atomic mass is 127. The topological polar surface area (TPSA) is 9.23 Å². The maximum absolute atomic E-state index is 5.49. The molecule has 1 heterocycles. The standard InChI is InChI=1S/C7H11IO/c1-5-3-7(4-8)9-6(5)2/h7H,3-4H2,1-2H3. The van der Waals surface area contributed by atoms with Crippen LogP contribution >= 0.6 is 22.6 Å². The lowest BCUT2D eigenvalue weighted by Crippen LogP contribution is -2.06. The van der Waals surface area contributed by atoms with E-state index in [2.05, 4.69) is 29.5 Å². The summed E-state index contributed by atoms with van der Waals surface area (Å²) >= 11 is 2.36. The van der Waals surface area contributed by atoms with E-state index in [9.17, 15) is 0 Å². The van der Waals surface area contributed by atoms with Crippen molar-refractivity contribution in [3.63, 3.8) is 0 Å². The Bertz CT molecular complexity index is 126. The van der Waals surface area contributed by atoms with Crippen molar-refractivity contribution in [2.24, 2.45) is 0 Å². The molecular formula is C7H11IO. The van der Waals surface area contributed by atoms with Crippen molar-refractivity contribution < 1.29 is 4.74 Å². The summed E-state index contributed by atoms with van der Waals surface area (Å²) in [6.07, 6.45) is 1.60. The van der Waals surface area contributed by atoms with Crippen LogP contribution in [0, 0.1) is 0 Å². The largest absolute Gasteiger partial charge is 0.494 e. The highest BCUT2D eigenvalue weighted by molar-refractivity contribution is 14.1. The van der Waals surface area contributed by atoms with Gasteiger partial charge in [0.05, 0.1) is 5.76 Å². The Kier molecular flexibility index (Phi) is 2.38. The van der Waals surface area contributed by atoms with Gasteiger partial charge in [-0.2, -0.15) is 0 Å². The van der Waals surface area contributed by atoms with Crippen LogP contribution in [0.5, 0.6) is 0 Å². The number of hydrogen-bond acceptors (Lipinski definition) is 1. The van der Waals surface area contributed by atoms with Gasteiger partial charge in [-0.3, -0.25) is 0 Å². The molecule has 0 bridgehead atoms. The molecule has 52 valence electrons. The zero-order valence-electron chi connectivity index (χ0n) is 5.78. The molecule has 0 fully saturated rings. The first-order chi connectivity index (χ1) is 4.24. The highest BCUT2D eigenvalue weighted by Gasteiger charge is 2.18. The number of ether oxygens (including phenoxy) is 1. The quantitative estimate of drug-likeness (QED) is 0.503. The fourth-order valence-electron chi connectivity index (χ4n) is 0.964. The van der Waals surface area contributed by atoms with Gasteiger partial charge in [-0.15, -0.1) is 0 Å². The second-order valence-corrected chi connectivity index (χ2v) is 3.32. The summed E-state index contributed by atoms with van der Waals surface area (Å²) in [4.78, 5) is 0. The smallest absolute Gasteiger partial charge is 0.111 e. The van der Waals surface area contributed by atoms with Crippen molar-refractivity contribution in [2.75, 3.05) is 4.43 Å². The predicted octanol–water partition coefficient (Wildman–Crippen LogP) is 2.50. The van der Waals surface area contributed by atoms with Gasteiger partial charge in [-0.25, -0.2) is 0 Å². The van der Waals surface area contributed by atoms with E-state index >= 15 is 0 Å². The zero-order chi connectivity index (χ0) is 6.85. The van der Waals surface area contributed by atoms with Crippen LogP contribution in [0.25, 0.3) is 0 Å². The fraction of sp³-hybridized carbons (Fsp3) is 0.714. The molecule has 0 amide bonds. The van der Waals surface area contributed by atoms with Crippen molar-refractivity contribution >= 4 is 22.6 Å². The molecule has 0 radical (unpaired) electrons. The van der Waals surface area contributed by atoms with Gasteiger partial charge in [-0.05, 0) is 19.4 Å². The Labute approximate surface area is 69.6 Å². The lowest BCUT2D eigenvalue weighted by molar-refractivity contribution is 0.168. The molecule has 0 spiro atoms. The first kappa shape index (κ1) is 7.38. The minimum absolute atomic E-state index is 0.464. The van der Waals surface area contributed by atoms with Gasteiger partial charge in [0.1, 0.15) is 6.10 Å². The number of rotatable bonds is 1. The molecule has 1 aliphatic heterocycles. The molecule has 2 heteroatoms. The van der Waals surface area contributed by atoms with E-state index in [1.165, 1.54) is 5.57 Å². The fourth-order valence-corrected chi connectivity index (χ4v) is 1.45. The predicted molar refractivity (Wildman–Crippen MR) is 46.8 cm³/mol. The summed E-state index contributed by atoms with van der Waals surface area (Å²) in [5.41, 5.74) is 1.41. The minimum Gasteiger partial charge on any atom is -0.494 e. The number of hydrogen-bond donors (Lipinski definition) is 0. The van der Waals surface area contributed by atoms with Gasteiger partial charge in [-0.1, -0.05) is 22.6 Å². The SMILES string of the molecule is CC1=C(C)OC(CI)C1. The Balaban J connectivity index is 2.48. The van der Waals surface area contributed by atoms with Crippen molar-refractivity contribution in [1.82, 2.24) is 0 Å². The Hall–Kier alpha value is 0.270. The summed E-state index contributed by atoms with van der Waals surface area (Å²) in [6.45, 7) is 4.18. The van der Waals surface area contributed by atoms with Crippen LogP contribution in [0.4, 0.5) is 0 Å². The first-order valence-electron chi connectivity index (χ1n) is 3.13. The van der Waals surface area contributed by atoms with E-state index < -0.39 is 0 Å². The van der Waals surface area contributed by atoms with Gasteiger partial charge in [0.2, 0.25) is 0 Å². The van der Waals surface area contributed by atoms with Crippen LogP contribution in [0.2, 0.25) is 0 Å². The van der Waals surface area contributed by atoms with E-state index in [0.717, 1.165) is 16.6 Å². The van der Waals surface area contributed by atoms with Crippen LogP contribution in [0.1, 0.15) is 20.3 Å². The lowest BCUT2D eigenvalue weighted by Gasteiger charge is -2.05. The zero-order valence-corrected chi connectivity index (χ0v) is 7.94. The van der Waals surface area contributed by atoms with Crippen LogP contribution < -0.4 is 0 Å². The van der Waals surface area contributed by atoms with Gasteiger partial charge < -0.3 is 4.74 Å². The Morgan fingerprint density at radius 1 is 1.67 bits per heavy atom. The monoisotopic (exact) mass is 238 g/mol. The van der Waals surface area contributed by atoms with Crippen LogP contribution in [0.3, 0.4) is 0 Å². The molecule has 1 unspecified atom stereocenters. The molecule has 0 aromatic carbocycles. The molecule has 1 aliphatic rings. The molecule has 0 N–H and O–H groups in total. The summed E-state index contributed by atoms with van der Waals surface area (Å²) in [6, 6.07) is 0. The summed E-state index contributed by atoms with van der Waals surface area (Å²) in [5, 5.41) is 0. The van der Waals surface area contributed by atoms with Crippen LogP contribution in [-0.2, 0) is 4.74 Å². The van der Waals surface area contributed by atoms with Crippen molar-refractivity contribution in [3.8, 4) is 0 Å². The second kappa shape index (κ2) is 2.90. The number of alkyl halides is 1. The van der Waals surface area contributed by atoms with Crippen molar-refractivity contribution in [1.29, 1.82) is 0 Å². The van der Waals surface area contributed by atoms with Crippen LogP contribution in [-0.4, -0.2) is 10.5 Å². The van der Waals surface area contributed by atoms with Crippen molar-refractivity contribution in [3.05, 3.63) is 11.3 Å². The molecule has 1 atom stereocenters. The summed E-state index contributed by atoms with van der Waals surface area (Å²) in [5.74, 6) is 1.14. The van der Waals surface area contributed by atoms with E-state index in [1.54, 1.807) is 0 Å². The molecule has 1 rings (SSSR count). The highest BCUT2D eigenvalue weighted by Crippen LogP contribution is 2.24. The number of allylic oxidation sites excluding steroid dienone is 1. The van der Waals surface area contributed by atoms with Crippen LogP contribution in [0.15, 0.2) is 11.3 Å². The molecule has 0 aromatic heterocycles. The molecule has 0 aromatic rings. The summed E-state index contributed by atoms with van der Waals surface area (Å²) < 4.78 is 6.60. The molecule has 1 nitrogen and oxygen atoms in total. The molecule has 9 heavy (non-hydrogen) atoms. The maximum Gasteiger partial charge on any atom is 0.111 e. The van der Waals surface area contributed by atoms with Gasteiger partial charge >= 0.3 is 0 Å². The third-order valence-electron chi connectivity index (χ3n) is 1.65. The average Bonchev–Trinajstić information content (AvgIpc) is 2.13. The lowest BCUT2D eigenvalue weighted by atomic mass is 10.2. The van der Waals surface area contributed by atoms with E-state index in [1.807, 2.05) is 6.92 Å². The van der Waals surface area contributed by atoms with E-state index in [0.29, 0.717) is 6.10 Å². The minimum atomic E-state index is 0.464. The van der Waals surface area contributed by atoms with Gasteiger partial charge in [0.25, 0.3) is 0 Å². The van der Waals surface area contributed by atoms with Crippen molar-refractivity contribution in [2.45, 2.75) is 26.4 Å². The number of halogens is 1. The summed E-state index contributed by atoms with van der Waals surface area (Å²) in [7, 11) is 0. The van der Waals surface area contributed by atoms with E-state index in [4.69, 9.17) is 4.74 Å². The third-order valence-corrected chi connectivity index (χ3v) is 2.63. The molecular weight excluding hydrogens is 227 g/mol. The third kappa shape index (κ3) is 1.60. The first-order valence-corrected chi connectivity index (χ1v) is 4.65. The normalized spacial score (nSPS) is 26.8. The molecule has 0 saturated heterocycles. The maximum atomic E-state index is 5.49. The second-order valence-electron chi connectivity index (χ2n) is 2.43. The van der Waals surface area contributed by atoms with Gasteiger partial charge in [0.15, 0.2) is 0 Å². The molecule has 0 aliphatic carbocycles. The Morgan fingerprint density at radius 3 is 2.56 bits per heavy atom. The Morgan fingerprint density at radius 2 is 2.33 bits per heavy atom. The molecule has 0 saturated carbocycles.